The fourth-order valence-electron chi connectivity index (χ4n) is 13.9. The van der Waals surface area contributed by atoms with Crippen LogP contribution in [0.2, 0.25) is 0 Å². The van der Waals surface area contributed by atoms with Crippen LogP contribution in [0.15, 0.2) is 36.4 Å². The molecule has 57 heavy (non-hydrogen) atoms. The number of carboxylic acid groups (broad SMARTS) is 2. The van der Waals surface area contributed by atoms with Gasteiger partial charge in [0, 0.05) is 24.1 Å². The number of carbonyl (C=O) groups excluding carboxylic acids is 3. The first-order chi connectivity index (χ1) is 26.7. The molecule has 0 saturated heterocycles. The number of rotatable bonds is 13. The van der Waals surface area contributed by atoms with Crippen molar-refractivity contribution in [2.24, 2.45) is 62.6 Å². The third-order valence-corrected chi connectivity index (χ3v) is 16.6. The van der Waals surface area contributed by atoms with Crippen LogP contribution in [0.1, 0.15) is 141 Å². The minimum atomic E-state index is -1.17. The zero-order valence-corrected chi connectivity index (χ0v) is 35.5. The van der Waals surface area contributed by atoms with Crippen LogP contribution in [0.4, 0.5) is 0 Å². The third-order valence-electron chi connectivity index (χ3n) is 16.6. The van der Waals surface area contributed by atoms with E-state index in [0.717, 1.165) is 69.8 Å². The zero-order valence-electron chi connectivity index (χ0n) is 35.5. The largest absolute Gasteiger partial charge is 0.481 e. The maximum absolute atomic E-state index is 14.6. The number of benzene rings is 1. The fourth-order valence-corrected chi connectivity index (χ4v) is 13.9. The molecule has 2 amide bonds. The van der Waals surface area contributed by atoms with E-state index >= 15 is 0 Å². The van der Waals surface area contributed by atoms with Crippen molar-refractivity contribution in [3.05, 3.63) is 47.5 Å². The first kappa shape index (κ1) is 42.9. The van der Waals surface area contributed by atoms with Gasteiger partial charge in [-0.1, -0.05) is 58.0 Å². The third kappa shape index (κ3) is 7.68. The van der Waals surface area contributed by atoms with Crippen LogP contribution < -0.4 is 10.6 Å². The van der Waals surface area contributed by atoms with Crippen molar-refractivity contribution in [3.63, 3.8) is 0 Å². The molecule has 6 rings (SSSR count). The van der Waals surface area contributed by atoms with Crippen LogP contribution in [-0.4, -0.2) is 59.1 Å². The molecule has 5 aliphatic carbocycles. The van der Waals surface area contributed by atoms with Gasteiger partial charge < -0.3 is 25.6 Å². The summed E-state index contributed by atoms with van der Waals surface area (Å²) < 4.78 is 6.16. The number of amides is 2. The molecule has 5 fully saturated rings. The van der Waals surface area contributed by atoms with Gasteiger partial charge in [-0.3, -0.25) is 24.0 Å². The van der Waals surface area contributed by atoms with Crippen molar-refractivity contribution in [1.29, 1.82) is 0 Å². The summed E-state index contributed by atoms with van der Waals surface area (Å²) in [5.41, 5.74) is 0.877. The van der Waals surface area contributed by atoms with Crippen molar-refractivity contribution in [2.75, 3.05) is 13.1 Å². The Labute approximate surface area is 339 Å². The molecule has 0 spiro atoms. The van der Waals surface area contributed by atoms with E-state index in [2.05, 4.69) is 51.8 Å². The second kappa shape index (κ2) is 15.8. The number of nitrogens with one attached hydrogen (secondary N) is 2. The van der Waals surface area contributed by atoms with Gasteiger partial charge in [0.25, 0.3) is 5.91 Å². The van der Waals surface area contributed by atoms with E-state index in [1.807, 2.05) is 12.1 Å². The average molecular weight is 789 g/mol. The lowest BCUT2D eigenvalue weighted by Crippen LogP contribution is -2.64. The van der Waals surface area contributed by atoms with E-state index in [-0.39, 0.29) is 59.5 Å². The Morgan fingerprint density at radius 3 is 2.21 bits per heavy atom. The van der Waals surface area contributed by atoms with E-state index in [0.29, 0.717) is 48.1 Å². The number of allylic oxidation sites excluding steroid dienone is 1. The van der Waals surface area contributed by atoms with Crippen molar-refractivity contribution >= 4 is 29.7 Å². The highest BCUT2D eigenvalue weighted by Crippen LogP contribution is 2.74. The molecule has 9 unspecified atom stereocenters. The lowest BCUT2D eigenvalue weighted by molar-refractivity contribution is -0.223. The monoisotopic (exact) mass is 788 g/mol. The van der Waals surface area contributed by atoms with E-state index in [9.17, 15) is 29.1 Å². The van der Waals surface area contributed by atoms with Crippen LogP contribution in [-0.2, 0) is 30.3 Å². The number of hydrogen-bond acceptors (Lipinski definition) is 6. The van der Waals surface area contributed by atoms with Crippen LogP contribution in [0.5, 0.6) is 0 Å². The highest BCUT2D eigenvalue weighted by Gasteiger charge is 2.68. The molecular formula is C47H68N2O8. The molecule has 5 saturated carbocycles. The summed E-state index contributed by atoms with van der Waals surface area (Å²) >= 11 is 0. The smallest absolute Gasteiger partial charge is 0.309 e. The van der Waals surface area contributed by atoms with Gasteiger partial charge in [0.05, 0.1) is 23.7 Å². The van der Waals surface area contributed by atoms with E-state index in [1.54, 1.807) is 26.0 Å². The number of hydrogen-bond donors (Lipinski definition) is 4. The number of carbonyl (C=O) groups is 5. The van der Waals surface area contributed by atoms with Crippen molar-refractivity contribution < 1.29 is 38.9 Å². The summed E-state index contributed by atoms with van der Waals surface area (Å²) in [5.74, 6) is -0.145. The van der Waals surface area contributed by atoms with Gasteiger partial charge in [-0.25, -0.2) is 0 Å². The van der Waals surface area contributed by atoms with Gasteiger partial charge in [0.2, 0.25) is 5.91 Å². The molecule has 4 N–H and O–H groups in total. The quantitative estimate of drug-likeness (QED) is 0.115. The van der Waals surface area contributed by atoms with Gasteiger partial charge in [0.1, 0.15) is 6.10 Å². The van der Waals surface area contributed by atoms with E-state index in [1.165, 1.54) is 5.57 Å². The van der Waals surface area contributed by atoms with E-state index in [4.69, 9.17) is 9.84 Å². The minimum absolute atomic E-state index is 0.0562. The molecule has 10 nitrogen and oxygen atoms in total. The Kier molecular flexibility index (Phi) is 11.9. The van der Waals surface area contributed by atoms with Crippen LogP contribution in [0.25, 0.3) is 0 Å². The predicted molar refractivity (Wildman–Crippen MR) is 218 cm³/mol. The molecule has 10 heteroatoms. The summed E-state index contributed by atoms with van der Waals surface area (Å²) in [7, 11) is 0. The molecule has 0 bridgehead atoms. The number of esters is 1. The molecule has 10 atom stereocenters. The Balaban J connectivity index is 1.16. The zero-order chi connectivity index (χ0) is 41.7. The second-order valence-corrected chi connectivity index (χ2v) is 20.5. The van der Waals surface area contributed by atoms with Crippen LogP contribution in [0, 0.1) is 62.6 Å². The maximum Gasteiger partial charge on any atom is 0.309 e. The van der Waals surface area contributed by atoms with Crippen molar-refractivity contribution in [1.82, 2.24) is 10.6 Å². The Bertz CT molecular complexity index is 1770. The summed E-state index contributed by atoms with van der Waals surface area (Å²) in [5, 5.41) is 24.6. The summed E-state index contributed by atoms with van der Waals surface area (Å²) in [6.07, 6.45) is 9.89. The molecule has 0 heterocycles. The lowest BCUT2D eigenvalue weighted by Gasteiger charge is -2.69. The molecule has 1 aromatic carbocycles. The van der Waals surface area contributed by atoms with Crippen molar-refractivity contribution in [2.45, 2.75) is 138 Å². The number of ether oxygens (including phenoxy) is 1. The Hall–Kier alpha value is -3.69. The average Bonchev–Trinajstić information content (AvgIpc) is 3.54. The normalized spacial score (nSPS) is 35.3. The van der Waals surface area contributed by atoms with Crippen LogP contribution >= 0.6 is 0 Å². The van der Waals surface area contributed by atoms with Gasteiger partial charge in [-0.2, -0.15) is 0 Å². The minimum Gasteiger partial charge on any atom is -0.481 e. The summed E-state index contributed by atoms with van der Waals surface area (Å²) in [4.78, 5) is 63.3. The molecule has 0 radical (unpaired) electrons. The second-order valence-electron chi connectivity index (χ2n) is 20.5. The van der Waals surface area contributed by atoms with E-state index < -0.39 is 28.7 Å². The summed E-state index contributed by atoms with van der Waals surface area (Å²) in [6, 6.07) is 7.32. The first-order valence-electron chi connectivity index (χ1n) is 21.6. The molecular weight excluding hydrogens is 721 g/mol. The summed E-state index contributed by atoms with van der Waals surface area (Å²) in [6.45, 7) is 19.9. The SMILES string of the molecule is C=C(C)C1CC[C@]2(C(=O)NCCc3ccccc3C(=O)NCCC(=O)O)CCC3C(CCC4C3(C)CCC3C(C)(C)C(OC(=O)CC(C)(C)C(=O)O)CCC34C)C12. The fraction of sp³-hybridized carbons (Fsp3) is 0.723. The molecule has 314 valence electrons. The highest BCUT2D eigenvalue weighted by atomic mass is 16.5. The highest BCUT2D eigenvalue weighted by molar-refractivity contribution is 5.95. The molecule has 5 aliphatic rings. The topological polar surface area (TPSA) is 159 Å². The van der Waals surface area contributed by atoms with Crippen molar-refractivity contribution in [3.8, 4) is 0 Å². The number of fused-ring (bicyclic) bond motifs is 7. The lowest BCUT2D eigenvalue weighted by atomic mass is 9.36. The molecule has 0 aliphatic heterocycles. The van der Waals surface area contributed by atoms with Crippen LogP contribution in [0.3, 0.4) is 0 Å². The Morgan fingerprint density at radius 2 is 1.53 bits per heavy atom. The number of carboxylic acids is 2. The van der Waals surface area contributed by atoms with Gasteiger partial charge in [-0.15, -0.1) is 0 Å². The number of aliphatic carboxylic acids is 2. The van der Waals surface area contributed by atoms with Gasteiger partial charge >= 0.3 is 17.9 Å². The standard InChI is InChI=1S/C47H68N2O8/c1-28(2)30-15-23-47(41(54)49-25-19-29-11-9-10-12-31(29)40(53)48-26-20-37(50)51)24-16-33-32(39(30)47)13-14-35-45(33,7)21-17-34-44(5,6)36(18-22-46(34,35)8)57-38(52)27-43(3,4)42(55)56/h9-12,30,32-36,39H,1,13-27H2,2-8H3,(H,48,53)(H,49,54)(H,50,51)(H,55,56)/t30?,32?,33?,34?,35?,36?,39?,45?,46?,47-/m0/s1. The Morgan fingerprint density at radius 1 is 0.842 bits per heavy atom. The predicted octanol–water partition coefficient (Wildman–Crippen LogP) is 8.23. The first-order valence-corrected chi connectivity index (χ1v) is 21.6. The molecule has 1 aromatic rings. The molecule has 0 aromatic heterocycles. The van der Waals surface area contributed by atoms with Gasteiger partial charge in [-0.05, 0) is 149 Å². The maximum atomic E-state index is 14.6. The van der Waals surface area contributed by atoms with Gasteiger partial charge in [0.15, 0.2) is 0 Å².